The van der Waals surface area contributed by atoms with Gasteiger partial charge in [0.1, 0.15) is 5.52 Å². The summed E-state index contributed by atoms with van der Waals surface area (Å²) in [5, 5.41) is 8.49. The van der Waals surface area contributed by atoms with Crippen molar-refractivity contribution in [3.8, 4) is 6.07 Å². The molecule has 1 heterocycles. The van der Waals surface area contributed by atoms with E-state index in [2.05, 4.69) is 4.98 Å². The quantitative estimate of drug-likeness (QED) is 0.669. The van der Waals surface area contributed by atoms with E-state index in [0.717, 1.165) is 5.56 Å². The van der Waals surface area contributed by atoms with Gasteiger partial charge < -0.3 is 4.42 Å². The van der Waals surface area contributed by atoms with Gasteiger partial charge in [-0.1, -0.05) is 6.07 Å². The summed E-state index contributed by atoms with van der Waals surface area (Å²) in [7, 11) is 0. The monoisotopic (exact) mass is 186 g/mol. The maximum atomic E-state index is 10.4. The lowest BCUT2D eigenvalue weighted by molar-refractivity contribution is 0.109. The van der Waals surface area contributed by atoms with Gasteiger partial charge in [0.2, 0.25) is 6.29 Å². The molecule has 0 fully saturated rings. The van der Waals surface area contributed by atoms with Crippen LogP contribution in [0.5, 0.6) is 0 Å². The Bertz CT molecular complexity index is 522. The van der Waals surface area contributed by atoms with Crippen molar-refractivity contribution >= 4 is 17.4 Å². The highest BCUT2D eigenvalue weighted by Gasteiger charge is 2.04. The Balaban J connectivity index is 2.54. The minimum Gasteiger partial charge on any atom is -0.434 e. The van der Waals surface area contributed by atoms with Gasteiger partial charge in [-0.05, 0) is 17.7 Å². The first-order valence-electron chi connectivity index (χ1n) is 4.05. The van der Waals surface area contributed by atoms with Crippen molar-refractivity contribution in [3.63, 3.8) is 0 Å². The number of benzene rings is 1. The maximum absolute atomic E-state index is 10.4. The van der Waals surface area contributed by atoms with Gasteiger partial charge in [0, 0.05) is 0 Å². The first-order chi connectivity index (χ1) is 6.83. The molecule has 14 heavy (non-hydrogen) atoms. The predicted molar refractivity (Wildman–Crippen MR) is 48.7 cm³/mol. The van der Waals surface area contributed by atoms with E-state index in [0.29, 0.717) is 23.8 Å². The number of nitrogens with zero attached hydrogens (tertiary/aromatic N) is 2. The van der Waals surface area contributed by atoms with E-state index in [-0.39, 0.29) is 5.89 Å². The minimum absolute atomic E-state index is 0.0640. The van der Waals surface area contributed by atoms with Crippen LogP contribution in [0, 0.1) is 11.3 Å². The molecule has 0 amide bonds. The van der Waals surface area contributed by atoms with Crippen LogP contribution < -0.4 is 0 Å². The number of carbonyl (C=O) groups excluding carboxylic acids is 1. The first kappa shape index (κ1) is 8.45. The summed E-state index contributed by atoms with van der Waals surface area (Å²) in [6.07, 6.45) is 0.892. The van der Waals surface area contributed by atoms with Crippen molar-refractivity contribution in [1.29, 1.82) is 5.26 Å². The summed E-state index contributed by atoms with van der Waals surface area (Å²) >= 11 is 0. The Kier molecular flexibility index (Phi) is 1.99. The van der Waals surface area contributed by atoms with Crippen LogP contribution in [0.4, 0.5) is 0 Å². The van der Waals surface area contributed by atoms with Gasteiger partial charge in [0.15, 0.2) is 5.58 Å². The zero-order valence-electron chi connectivity index (χ0n) is 7.23. The number of hydrogen-bond donors (Lipinski definition) is 0. The predicted octanol–water partition coefficient (Wildman–Crippen LogP) is 1.71. The van der Waals surface area contributed by atoms with E-state index >= 15 is 0 Å². The molecule has 0 aliphatic heterocycles. The molecule has 0 N–H and O–H groups in total. The number of rotatable bonds is 2. The van der Waals surface area contributed by atoms with Crippen molar-refractivity contribution in [3.05, 3.63) is 29.7 Å². The smallest absolute Gasteiger partial charge is 0.260 e. The maximum Gasteiger partial charge on any atom is 0.260 e. The zero-order chi connectivity index (χ0) is 9.97. The Morgan fingerprint density at radius 1 is 1.57 bits per heavy atom. The van der Waals surface area contributed by atoms with Gasteiger partial charge >= 0.3 is 0 Å². The summed E-state index contributed by atoms with van der Waals surface area (Å²) in [5.41, 5.74) is 2.04. The Morgan fingerprint density at radius 2 is 2.43 bits per heavy atom. The summed E-state index contributed by atoms with van der Waals surface area (Å²) in [6.45, 7) is 0. The molecule has 2 aromatic rings. The summed E-state index contributed by atoms with van der Waals surface area (Å²) in [4.78, 5) is 14.3. The summed E-state index contributed by atoms with van der Waals surface area (Å²) in [6, 6.07) is 7.28. The summed E-state index contributed by atoms with van der Waals surface area (Å²) < 4.78 is 5.09. The molecule has 68 valence electrons. The number of aldehydes is 1. The minimum atomic E-state index is 0.0640. The van der Waals surface area contributed by atoms with Crippen molar-refractivity contribution in [2.45, 2.75) is 6.42 Å². The third kappa shape index (κ3) is 1.36. The van der Waals surface area contributed by atoms with Crippen LogP contribution in [-0.2, 0) is 6.42 Å². The van der Waals surface area contributed by atoms with Crippen LogP contribution in [0.2, 0.25) is 0 Å². The number of carbonyl (C=O) groups is 1. The molecule has 0 spiro atoms. The standard InChI is InChI=1S/C10H6N2O2/c11-4-3-7-1-2-9-8(5-7)12-10(6-13)14-9/h1-2,5-6H,3H2. The van der Waals surface area contributed by atoms with Crippen LogP contribution in [0.1, 0.15) is 16.2 Å². The van der Waals surface area contributed by atoms with Gasteiger partial charge in [-0.3, -0.25) is 4.79 Å². The van der Waals surface area contributed by atoms with Crippen molar-refractivity contribution in [1.82, 2.24) is 4.98 Å². The van der Waals surface area contributed by atoms with Crippen molar-refractivity contribution in [2.24, 2.45) is 0 Å². The molecule has 4 nitrogen and oxygen atoms in total. The lowest BCUT2D eigenvalue weighted by Crippen LogP contribution is -1.80. The summed E-state index contributed by atoms with van der Waals surface area (Å²) in [5.74, 6) is 0.0640. The number of hydrogen-bond acceptors (Lipinski definition) is 4. The molecular formula is C10H6N2O2. The van der Waals surface area contributed by atoms with E-state index in [9.17, 15) is 4.79 Å². The average molecular weight is 186 g/mol. The molecule has 0 saturated carbocycles. The highest BCUT2D eigenvalue weighted by molar-refractivity contribution is 5.79. The Hall–Kier alpha value is -2.15. The molecule has 0 aliphatic rings. The third-order valence-corrected chi connectivity index (χ3v) is 1.85. The second-order valence-corrected chi connectivity index (χ2v) is 2.81. The first-order valence-corrected chi connectivity index (χ1v) is 4.05. The second kappa shape index (κ2) is 3.30. The lowest BCUT2D eigenvalue weighted by atomic mass is 10.1. The van der Waals surface area contributed by atoms with E-state index in [1.165, 1.54) is 0 Å². The molecule has 0 saturated heterocycles. The fraction of sp³-hybridized carbons (Fsp3) is 0.100. The molecule has 1 aromatic heterocycles. The van der Waals surface area contributed by atoms with E-state index in [1.807, 2.05) is 6.07 Å². The topological polar surface area (TPSA) is 66.9 Å². The molecule has 0 atom stereocenters. The van der Waals surface area contributed by atoms with Crippen LogP contribution in [0.15, 0.2) is 22.6 Å². The fourth-order valence-electron chi connectivity index (χ4n) is 1.24. The molecule has 0 aliphatic carbocycles. The molecule has 4 heteroatoms. The van der Waals surface area contributed by atoms with Crippen molar-refractivity contribution in [2.75, 3.05) is 0 Å². The number of oxazole rings is 1. The van der Waals surface area contributed by atoms with E-state index in [4.69, 9.17) is 9.68 Å². The van der Waals surface area contributed by atoms with Gasteiger partial charge in [-0.2, -0.15) is 5.26 Å². The molecule has 0 unspecified atom stereocenters. The highest BCUT2D eigenvalue weighted by Crippen LogP contribution is 2.16. The Morgan fingerprint density at radius 3 is 3.14 bits per heavy atom. The van der Waals surface area contributed by atoms with Crippen LogP contribution in [0.25, 0.3) is 11.1 Å². The second-order valence-electron chi connectivity index (χ2n) is 2.81. The van der Waals surface area contributed by atoms with Gasteiger partial charge in [-0.15, -0.1) is 0 Å². The normalized spacial score (nSPS) is 9.93. The molecule has 1 aromatic carbocycles. The van der Waals surface area contributed by atoms with Crippen LogP contribution >= 0.6 is 0 Å². The Labute approximate surface area is 79.8 Å². The number of nitriles is 1. The SMILES string of the molecule is N#CCc1ccc2oc(C=O)nc2c1. The van der Waals surface area contributed by atoms with E-state index < -0.39 is 0 Å². The average Bonchev–Trinajstić information content (AvgIpc) is 2.60. The third-order valence-electron chi connectivity index (χ3n) is 1.85. The van der Waals surface area contributed by atoms with Crippen molar-refractivity contribution < 1.29 is 9.21 Å². The van der Waals surface area contributed by atoms with Crippen LogP contribution in [0.3, 0.4) is 0 Å². The lowest BCUT2D eigenvalue weighted by Gasteiger charge is -1.91. The molecule has 2 rings (SSSR count). The molecule has 0 bridgehead atoms. The van der Waals surface area contributed by atoms with Gasteiger partial charge in [-0.25, -0.2) is 4.98 Å². The zero-order valence-corrected chi connectivity index (χ0v) is 7.23. The van der Waals surface area contributed by atoms with E-state index in [1.54, 1.807) is 18.2 Å². The fourth-order valence-corrected chi connectivity index (χ4v) is 1.24. The number of fused-ring (bicyclic) bond motifs is 1. The van der Waals surface area contributed by atoms with Gasteiger partial charge in [0.05, 0.1) is 12.5 Å². The van der Waals surface area contributed by atoms with Crippen LogP contribution in [-0.4, -0.2) is 11.3 Å². The van der Waals surface area contributed by atoms with Gasteiger partial charge in [0.25, 0.3) is 5.89 Å². The molecular weight excluding hydrogens is 180 g/mol. The molecule has 0 radical (unpaired) electrons. The largest absolute Gasteiger partial charge is 0.434 e. The number of aromatic nitrogens is 1. The highest BCUT2D eigenvalue weighted by atomic mass is 16.4.